The average molecular weight is 334 g/mol. The van der Waals surface area contributed by atoms with Crippen molar-refractivity contribution in [2.45, 2.75) is 50.7 Å². The summed E-state index contributed by atoms with van der Waals surface area (Å²) in [7, 11) is 0. The van der Waals surface area contributed by atoms with Gasteiger partial charge in [0, 0.05) is 5.56 Å². The van der Waals surface area contributed by atoms with Crippen LogP contribution in [0.4, 0.5) is 0 Å². The van der Waals surface area contributed by atoms with Crippen LogP contribution in [-0.2, 0) is 0 Å². The van der Waals surface area contributed by atoms with Crippen molar-refractivity contribution in [1.82, 2.24) is 9.55 Å². The van der Waals surface area contributed by atoms with Gasteiger partial charge in [0.1, 0.15) is 0 Å². The van der Waals surface area contributed by atoms with E-state index < -0.39 is 0 Å². The fourth-order valence-corrected chi connectivity index (χ4v) is 7.15. The highest BCUT2D eigenvalue weighted by Crippen LogP contribution is 2.58. The largest absolute Gasteiger partial charge is 0.393 e. The normalized spacial score (nSPS) is 38.6. The lowest BCUT2D eigenvalue weighted by atomic mass is 9.50. The van der Waals surface area contributed by atoms with Gasteiger partial charge < -0.3 is 9.67 Å². The van der Waals surface area contributed by atoms with Gasteiger partial charge in [0.2, 0.25) is 0 Å². The van der Waals surface area contributed by atoms with E-state index in [9.17, 15) is 5.11 Å². The molecule has 3 nitrogen and oxygen atoms in total. The minimum atomic E-state index is -0.179. The maximum atomic E-state index is 11.3. The van der Waals surface area contributed by atoms with Crippen LogP contribution in [0.3, 0.4) is 0 Å². The summed E-state index contributed by atoms with van der Waals surface area (Å²) >= 11 is 0. The molecule has 5 aliphatic rings. The average Bonchev–Trinajstić information content (AvgIpc) is 3.17. The first kappa shape index (κ1) is 14.5. The number of fused-ring (bicyclic) bond motifs is 3. The highest BCUT2D eigenvalue weighted by molar-refractivity contribution is 5.68. The molecular formula is C22H26N2O. The van der Waals surface area contributed by atoms with Crippen LogP contribution < -0.4 is 0 Å². The summed E-state index contributed by atoms with van der Waals surface area (Å²) in [5, 5.41) is 11.3. The highest BCUT2D eigenvalue weighted by Gasteiger charge is 2.50. The molecule has 1 aromatic carbocycles. The van der Waals surface area contributed by atoms with Gasteiger partial charge in [-0.1, -0.05) is 24.3 Å². The first-order valence-electron chi connectivity index (χ1n) is 10.1. The molecule has 0 spiro atoms. The third-order valence-corrected chi connectivity index (χ3v) is 7.81. The Balaban J connectivity index is 1.30. The topological polar surface area (TPSA) is 38.1 Å². The van der Waals surface area contributed by atoms with Crippen LogP contribution in [0.2, 0.25) is 0 Å². The first-order chi connectivity index (χ1) is 12.3. The molecule has 0 amide bonds. The van der Waals surface area contributed by atoms with Gasteiger partial charge in [-0.2, -0.15) is 0 Å². The van der Waals surface area contributed by atoms with Crippen molar-refractivity contribution < 1.29 is 5.11 Å². The van der Waals surface area contributed by atoms with Gasteiger partial charge in [0.25, 0.3) is 0 Å². The lowest BCUT2D eigenvalue weighted by Gasteiger charge is -2.55. The Labute approximate surface area is 149 Å². The molecule has 3 heteroatoms. The van der Waals surface area contributed by atoms with Crippen LogP contribution in [0.5, 0.6) is 0 Å². The summed E-state index contributed by atoms with van der Waals surface area (Å²) in [5.74, 6) is 4.04. The van der Waals surface area contributed by atoms with Gasteiger partial charge in [0.15, 0.2) is 0 Å². The zero-order valence-electron chi connectivity index (χ0n) is 14.6. The van der Waals surface area contributed by atoms with E-state index in [2.05, 4.69) is 33.8 Å². The summed E-state index contributed by atoms with van der Waals surface area (Å²) in [5.41, 5.74) is 3.86. The molecule has 4 saturated carbocycles. The number of aliphatic hydroxyl groups is 1. The molecule has 4 bridgehead atoms. The standard InChI is InChI=1S/C22H26N2O/c25-21(22-15-6-13-5-14(8-15)9-16(22)7-13)10-19-17-3-1-2-4-18(17)20-11-23-12-24(19)20/h1-4,11-16,19,21-22,25H,5-10H2. The van der Waals surface area contributed by atoms with Crippen LogP contribution in [-0.4, -0.2) is 20.8 Å². The molecule has 1 aromatic heterocycles. The Bertz CT molecular complexity index is 782. The second kappa shape index (κ2) is 5.20. The minimum Gasteiger partial charge on any atom is -0.393 e. The zero-order valence-corrected chi connectivity index (χ0v) is 14.6. The fraction of sp³-hybridized carbons (Fsp3) is 0.591. The van der Waals surface area contributed by atoms with Crippen LogP contribution in [0, 0.1) is 29.6 Å². The zero-order chi connectivity index (χ0) is 16.5. The molecule has 4 fully saturated rings. The number of aromatic nitrogens is 2. The Morgan fingerprint density at radius 3 is 2.52 bits per heavy atom. The summed E-state index contributed by atoms with van der Waals surface area (Å²) in [6.45, 7) is 0. The van der Waals surface area contributed by atoms with Gasteiger partial charge in [-0.05, 0) is 73.7 Å². The number of imidazole rings is 1. The molecule has 2 heterocycles. The van der Waals surface area contributed by atoms with Crippen molar-refractivity contribution >= 4 is 0 Å². The summed E-state index contributed by atoms with van der Waals surface area (Å²) in [6, 6.07) is 8.91. The van der Waals surface area contributed by atoms with E-state index >= 15 is 0 Å². The first-order valence-corrected chi connectivity index (χ1v) is 10.1. The van der Waals surface area contributed by atoms with Crippen LogP contribution in [0.25, 0.3) is 11.3 Å². The Morgan fingerprint density at radius 1 is 1.04 bits per heavy atom. The van der Waals surface area contributed by atoms with Crippen molar-refractivity contribution in [2.75, 3.05) is 0 Å². The second-order valence-electron chi connectivity index (χ2n) is 9.10. The van der Waals surface area contributed by atoms with E-state index in [1.54, 1.807) is 0 Å². The molecular weight excluding hydrogens is 308 g/mol. The molecule has 7 rings (SSSR count). The van der Waals surface area contributed by atoms with Gasteiger partial charge in [0.05, 0.1) is 30.4 Å². The summed E-state index contributed by atoms with van der Waals surface area (Å²) in [4.78, 5) is 4.37. The third kappa shape index (κ3) is 2.05. The van der Waals surface area contributed by atoms with Crippen LogP contribution >= 0.6 is 0 Å². The highest BCUT2D eigenvalue weighted by atomic mass is 16.3. The van der Waals surface area contributed by atoms with E-state index in [1.165, 1.54) is 48.9 Å². The lowest BCUT2D eigenvalue weighted by Crippen LogP contribution is -2.49. The Morgan fingerprint density at radius 2 is 1.76 bits per heavy atom. The smallest absolute Gasteiger partial charge is 0.0956 e. The molecule has 2 unspecified atom stereocenters. The van der Waals surface area contributed by atoms with Crippen molar-refractivity contribution in [3.63, 3.8) is 0 Å². The van der Waals surface area contributed by atoms with E-state index in [-0.39, 0.29) is 12.1 Å². The van der Waals surface area contributed by atoms with Gasteiger partial charge in [-0.25, -0.2) is 4.98 Å². The summed E-state index contributed by atoms with van der Waals surface area (Å²) < 4.78 is 2.28. The number of hydrogen-bond acceptors (Lipinski definition) is 2. The predicted molar refractivity (Wildman–Crippen MR) is 97.0 cm³/mol. The number of nitrogens with zero attached hydrogens (tertiary/aromatic N) is 2. The second-order valence-corrected chi connectivity index (χ2v) is 9.10. The Kier molecular flexibility index (Phi) is 3.03. The van der Waals surface area contributed by atoms with Crippen molar-refractivity contribution in [3.05, 3.63) is 42.4 Å². The molecule has 2 aromatic rings. The van der Waals surface area contributed by atoms with E-state index in [0.29, 0.717) is 5.92 Å². The molecule has 130 valence electrons. The minimum absolute atomic E-state index is 0.179. The van der Waals surface area contributed by atoms with Gasteiger partial charge >= 0.3 is 0 Å². The summed E-state index contributed by atoms with van der Waals surface area (Å²) in [6.07, 6.45) is 11.6. The predicted octanol–water partition coefficient (Wildman–Crippen LogP) is 4.28. The molecule has 25 heavy (non-hydrogen) atoms. The quantitative estimate of drug-likeness (QED) is 0.910. The molecule has 4 aliphatic carbocycles. The van der Waals surface area contributed by atoms with Gasteiger partial charge in [-0.3, -0.25) is 0 Å². The number of hydrogen-bond donors (Lipinski definition) is 1. The molecule has 0 radical (unpaired) electrons. The Hall–Kier alpha value is -1.61. The van der Waals surface area contributed by atoms with E-state index in [1.807, 2.05) is 12.5 Å². The van der Waals surface area contributed by atoms with E-state index in [4.69, 9.17) is 0 Å². The molecule has 0 saturated heterocycles. The van der Waals surface area contributed by atoms with Crippen molar-refractivity contribution in [1.29, 1.82) is 0 Å². The number of benzene rings is 1. The van der Waals surface area contributed by atoms with Crippen LogP contribution in [0.15, 0.2) is 36.8 Å². The number of aliphatic hydroxyl groups excluding tert-OH is 1. The number of rotatable bonds is 3. The molecule has 2 atom stereocenters. The van der Waals surface area contributed by atoms with Crippen molar-refractivity contribution in [2.24, 2.45) is 29.6 Å². The van der Waals surface area contributed by atoms with E-state index in [0.717, 1.165) is 30.1 Å². The SMILES string of the molecule is OC(CC1c2ccccc2-c2cncn21)C1C2CC3CC(C2)CC1C3. The molecule has 1 N–H and O–H groups in total. The maximum absolute atomic E-state index is 11.3. The maximum Gasteiger partial charge on any atom is 0.0956 e. The van der Waals surface area contributed by atoms with Gasteiger partial charge in [-0.15, -0.1) is 0 Å². The lowest BCUT2D eigenvalue weighted by molar-refractivity contribution is -0.0930. The monoisotopic (exact) mass is 334 g/mol. The third-order valence-electron chi connectivity index (χ3n) is 7.81. The fourth-order valence-electron chi connectivity index (χ4n) is 7.15. The van der Waals surface area contributed by atoms with Crippen LogP contribution in [0.1, 0.15) is 50.1 Å². The molecule has 1 aliphatic heterocycles. The van der Waals surface area contributed by atoms with Crippen molar-refractivity contribution in [3.8, 4) is 11.3 Å².